The minimum Gasteiger partial charge on any atom is -0.360 e. The van der Waals surface area contributed by atoms with E-state index in [2.05, 4.69) is 17.0 Å². The molecule has 0 aliphatic carbocycles. The zero-order valence-corrected chi connectivity index (χ0v) is 6.20. The normalized spacial score (nSPS) is 9.82. The third-order valence-electron chi connectivity index (χ3n) is 1.20. The lowest BCUT2D eigenvalue weighted by Crippen LogP contribution is -1.84. The molecule has 0 amide bonds. The van der Waals surface area contributed by atoms with Gasteiger partial charge in [-0.2, -0.15) is 0 Å². The Balaban J connectivity index is 2.51. The van der Waals surface area contributed by atoms with Crippen molar-refractivity contribution in [2.45, 2.75) is 0 Å². The summed E-state index contributed by atoms with van der Waals surface area (Å²) in [5, 5.41) is 3.03. The predicted molar refractivity (Wildman–Crippen MR) is 48.8 cm³/mol. The van der Waals surface area contributed by atoms with Crippen LogP contribution in [0.25, 0.3) is 0 Å². The summed E-state index contributed by atoms with van der Waals surface area (Å²) in [6.07, 6.45) is 3.34. The molecule has 1 aromatic rings. The van der Waals surface area contributed by atoms with Gasteiger partial charge in [0.25, 0.3) is 0 Å². The Bertz CT molecular complexity index is 239. The Kier molecular flexibility index (Phi) is 2.93. The lowest BCUT2D eigenvalue weighted by Gasteiger charge is -1.96. The van der Waals surface area contributed by atoms with E-state index < -0.39 is 0 Å². The van der Waals surface area contributed by atoms with E-state index in [1.807, 2.05) is 30.3 Å². The van der Waals surface area contributed by atoms with Crippen LogP contribution in [0, 0.1) is 0 Å². The van der Waals surface area contributed by atoms with Crippen LogP contribution in [0.3, 0.4) is 0 Å². The summed E-state index contributed by atoms with van der Waals surface area (Å²) in [6.45, 7) is 3.32. The molecule has 11 heavy (non-hydrogen) atoms. The number of benzene rings is 1. The lowest BCUT2D eigenvalue weighted by atomic mass is 10.3. The molecule has 0 atom stereocenters. The number of rotatable bonds is 3. The molecule has 0 aliphatic heterocycles. The van der Waals surface area contributed by atoms with E-state index in [1.54, 1.807) is 12.4 Å². The van der Waals surface area contributed by atoms with Crippen LogP contribution >= 0.6 is 0 Å². The Hall–Kier alpha value is -1.57. The molecule has 0 heterocycles. The van der Waals surface area contributed by atoms with E-state index in [-0.39, 0.29) is 0 Å². The standard InChI is InChI=1S/C9H10N2/c1-10-7-8-11-9-5-3-2-4-6-9/h2-8,11H,1H2/b8-7-. The van der Waals surface area contributed by atoms with Crippen molar-refractivity contribution in [1.29, 1.82) is 0 Å². The number of aliphatic imine (C=N–C) groups is 1. The van der Waals surface area contributed by atoms with Crippen molar-refractivity contribution in [3.05, 3.63) is 42.7 Å². The molecule has 0 aliphatic rings. The van der Waals surface area contributed by atoms with E-state index in [9.17, 15) is 0 Å². The van der Waals surface area contributed by atoms with E-state index in [4.69, 9.17) is 0 Å². The van der Waals surface area contributed by atoms with Crippen molar-refractivity contribution < 1.29 is 0 Å². The molecule has 0 spiro atoms. The number of hydrogen-bond acceptors (Lipinski definition) is 2. The summed E-state index contributed by atoms with van der Waals surface area (Å²) in [5.74, 6) is 0. The summed E-state index contributed by atoms with van der Waals surface area (Å²) in [4.78, 5) is 3.56. The number of nitrogens with one attached hydrogen (secondary N) is 1. The Labute approximate surface area is 66.3 Å². The molecule has 0 radical (unpaired) electrons. The topological polar surface area (TPSA) is 24.4 Å². The van der Waals surface area contributed by atoms with Crippen molar-refractivity contribution in [2.75, 3.05) is 5.32 Å². The van der Waals surface area contributed by atoms with Gasteiger partial charge in [0.15, 0.2) is 0 Å². The van der Waals surface area contributed by atoms with Crippen LogP contribution in [0.2, 0.25) is 0 Å². The van der Waals surface area contributed by atoms with Gasteiger partial charge in [-0.1, -0.05) is 18.2 Å². The number of nitrogens with zero attached hydrogens (tertiary/aromatic N) is 1. The minimum atomic E-state index is 1.05. The second-order valence-electron chi connectivity index (χ2n) is 2.01. The second kappa shape index (κ2) is 4.28. The maximum atomic E-state index is 3.56. The van der Waals surface area contributed by atoms with E-state index in [1.165, 1.54) is 0 Å². The zero-order chi connectivity index (χ0) is 7.94. The second-order valence-corrected chi connectivity index (χ2v) is 2.01. The van der Waals surface area contributed by atoms with Crippen molar-refractivity contribution in [3.63, 3.8) is 0 Å². The number of hydrogen-bond donors (Lipinski definition) is 1. The summed E-state index contributed by atoms with van der Waals surface area (Å²) in [6, 6.07) is 9.87. The molecular formula is C9H10N2. The molecule has 0 unspecified atom stereocenters. The first-order valence-electron chi connectivity index (χ1n) is 3.36. The molecule has 1 aromatic carbocycles. The quantitative estimate of drug-likeness (QED) is 0.650. The molecular weight excluding hydrogens is 136 g/mol. The summed E-state index contributed by atoms with van der Waals surface area (Å²) in [7, 11) is 0. The third kappa shape index (κ3) is 2.67. The fourth-order valence-corrected chi connectivity index (χ4v) is 0.721. The van der Waals surface area contributed by atoms with Crippen molar-refractivity contribution in [3.8, 4) is 0 Å². The van der Waals surface area contributed by atoms with Gasteiger partial charge in [0, 0.05) is 18.1 Å². The lowest BCUT2D eigenvalue weighted by molar-refractivity contribution is 1.52. The van der Waals surface area contributed by atoms with Crippen LogP contribution in [0.5, 0.6) is 0 Å². The van der Waals surface area contributed by atoms with Gasteiger partial charge in [0.2, 0.25) is 0 Å². The molecule has 0 bridgehead atoms. The third-order valence-corrected chi connectivity index (χ3v) is 1.20. The van der Waals surface area contributed by atoms with Crippen LogP contribution in [0.15, 0.2) is 47.7 Å². The zero-order valence-electron chi connectivity index (χ0n) is 6.20. The number of para-hydroxylation sites is 1. The van der Waals surface area contributed by atoms with Gasteiger partial charge in [-0.05, 0) is 18.9 Å². The van der Waals surface area contributed by atoms with Crippen LogP contribution in [0.4, 0.5) is 5.69 Å². The average Bonchev–Trinajstić information content (AvgIpc) is 2.07. The molecule has 0 aromatic heterocycles. The van der Waals surface area contributed by atoms with Crippen LogP contribution in [-0.2, 0) is 0 Å². The van der Waals surface area contributed by atoms with Crippen LogP contribution in [-0.4, -0.2) is 6.72 Å². The van der Waals surface area contributed by atoms with Crippen LogP contribution < -0.4 is 5.32 Å². The maximum Gasteiger partial charge on any atom is 0.0420 e. The van der Waals surface area contributed by atoms with Crippen molar-refractivity contribution in [2.24, 2.45) is 4.99 Å². The fraction of sp³-hybridized carbons (Fsp3) is 0. The molecule has 56 valence electrons. The first-order chi connectivity index (χ1) is 5.43. The fourth-order valence-electron chi connectivity index (χ4n) is 0.721. The molecule has 0 fully saturated rings. The Morgan fingerprint density at radius 1 is 1.27 bits per heavy atom. The van der Waals surface area contributed by atoms with Gasteiger partial charge < -0.3 is 5.32 Å². The predicted octanol–water partition coefficient (Wildman–Crippen LogP) is 2.27. The molecule has 0 saturated carbocycles. The van der Waals surface area contributed by atoms with E-state index in [0.29, 0.717) is 0 Å². The van der Waals surface area contributed by atoms with Crippen molar-refractivity contribution >= 4 is 12.4 Å². The first-order valence-corrected chi connectivity index (χ1v) is 3.36. The van der Waals surface area contributed by atoms with Crippen molar-refractivity contribution in [1.82, 2.24) is 0 Å². The average molecular weight is 146 g/mol. The first kappa shape index (κ1) is 7.54. The molecule has 1 rings (SSSR count). The smallest absolute Gasteiger partial charge is 0.0420 e. The molecule has 2 nitrogen and oxygen atoms in total. The highest BCUT2D eigenvalue weighted by molar-refractivity contribution is 5.44. The highest BCUT2D eigenvalue weighted by Gasteiger charge is 1.81. The number of anilines is 1. The van der Waals surface area contributed by atoms with Gasteiger partial charge in [-0.25, -0.2) is 0 Å². The Morgan fingerprint density at radius 2 is 2.00 bits per heavy atom. The molecule has 2 heteroatoms. The SMILES string of the molecule is C=N/C=C\Nc1ccccc1. The maximum absolute atomic E-state index is 3.56. The summed E-state index contributed by atoms with van der Waals surface area (Å²) < 4.78 is 0. The highest BCUT2D eigenvalue weighted by atomic mass is 14.8. The van der Waals surface area contributed by atoms with Gasteiger partial charge in [0.05, 0.1) is 0 Å². The van der Waals surface area contributed by atoms with Gasteiger partial charge in [0.1, 0.15) is 0 Å². The van der Waals surface area contributed by atoms with E-state index in [0.717, 1.165) is 5.69 Å². The monoisotopic (exact) mass is 146 g/mol. The molecule has 1 N–H and O–H groups in total. The highest BCUT2D eigenvalue weighted by Crippen LogP contribution is 2.03. The Morgan fingerprint density at radius 3 is 2.64 bits per heavy atom. The molecule has 0 saturated heterocycles. The van der Waals surface area contributed by atoms with E-state index >= 15 is 0 Å². The van der Waals surface area contributed by atoms with Gasteiger partial charge in [-0.15, -0.1) is 0 Å². The van der Waals surface area contributed by atoms with Gasteiger partial charge >= 0.3 is 0 Å². The summed E-state index contributed by atoms with van der Waals surface area (Å²) >= 11 is 0. The van der Waals surface area contributed by atoms with Crippen LogP contribution in [0.1, 0.15) is 0 Å². The summed E-state index contributed by atoms with van der Waals surface area (Å²) in [5.41, 5.74) is 1.05. The minimum absolute atomic E-state index is 1.05. The van der Waals surface area contributed by atoms with Gasteiger partial charge in [-0.3, -0.25) is 4.99 Å². The largest absolute Gasteiger partial charge is 0.360 e.